The fourth-order valence-electron chi connectivity index (χ4n) is 13.9. The van der Waals surface area contributed by atoms with Crippen molar-refractivity contribution in [3.63, 3.8) is 0 Å². The maximum absolute atomic E-state index is 2.77. The second kappa shape index (κ2) is 10.6. The van der Waals surface area contributed by atoms with Gasteiger partial charge in [0.1, 0.15) is 0 Å². The van der Waals surface area contributed by atoms with Gasteiger partial charge in [-0.2, -0.15) is 0 Å². The SMILES string of the molecule is CC1(C)C2=CC3(C)C4=C(C2(C)c2ccccc21)C1(C)C(=CC4(C)N(c2ccc(C4CCCCC4)cc2)c2cc4ccccc4cc23)C(C)(C)c2ccccc21. The van der Waals surface area contributed by atoms with Crippen LogP contribution in [0.5, 0.6) is 0 Å². The number of rotatable bonds is 2. The van der Waals surface area contributed by atoms with E-state index in [1.165, 1.54) is 87.6 Å². The Balaban J connectivity index is 1.30. The minimum absolute atomic E-state index is 0.127. The average molecular weight is 718 g/mol. The fraction of sp³-hybridized carbons (Fsp3) is 0.370. The number of nitrogens with zero attached hydrogens (tertiary/aromatic N) is 1. The zero-order chi connectivity index (χ0) is 37.9. The van der Waals surface area contributed by atoms with Crippen molar-refractivity contribution >= 4 is 22.1 Å². The molecule has 1 fully saturated rings. The van der Waals surface area contributed by atoms with Crippen molar-refractivity contribution in [2.45, 2.75) is 126 Å². The number of hydrogen-bond donors (Lipinski definition) is 0. The average Bonchev–Trinajstić information content (AvgIpc) is 3.48. The highest BCUT2D eigenvalue weighted by molar-refractivity contribution is 5.94. The second-order valence-electron chi connectivity index (χ2n) is 19.8. The number of allylic oxidation sites excluding steroid dienone is 4. The topological polar surface area (TPSA) is 3.24 Å². The number of hydrogen-bond acceptors (Lipinski definition) is 1. The molecule has 0 spiro atoms. The van der Waals surface area contributed by atoms with Crippen LogP contribution in [0, 0.1) is 0 Å². The first-order valence-electron chi connectivity index (χ1n) is 21.1. The molecular weight excluding hydrogens is 663 g/mol. The van der Waals surface area contributed by atoms with Gasteiger partial charge in [0.2, 0.25) is 0 Å². The van der Waals surface area contributed by atoms with Gasteiger partial charge in [-0.1, -0.05) is 144 Å². The highest BCUT2D eigenvalue weighted by Gasteiger charge is 2.69. The molecule has 0 saturated heterocycles. The van der Waals surface area contributed by atoms with Gasteiger partial charge in [0, 0.05) is 38.4 Å². The standard InChI is InChI=1S/C54H55N/c1-49(2)39-22-14-16-24-41(39)53(7)45(49)32-51(5)43-30-36-20-12-13-21-37(36)31-44(43)55(38-28-26-35(27-29-38)34-18-10-9-11-19-34)52(6)33-46-50(3,4)40-23-15-17-25-42(40)54(46,8)48(53)47(51)52/h12-17,20-34H,9-11,18-19H2,1-8H3. The Hall–Kier alpha value is -4.62. The fourth-order valence-corrected chi connectivity index (χ4v) is 13.9. The van der Waals surface area contributed by atoms with Gasteiger partial charge in [-0.05, 0) is 137 Å². The van der Waals surface area contributed by atoms with Gasteiger partial charge >= 0.3 is 0 Å². The molecule has 4 unspecified atom stereocenters. The summed E-state index contributed by atoms with van der Waals surface area (Å²) in [5, 5.41) is 2.61. The smallest absolute Gasteiger partial charge is 0.0836 e. The van der Waals surface area contributed by atoms with E-state index >= 15 is 0 Å². The monoisotopic (exact) mass is 717 g/mol. The molecule has 5 aromatic carbocycles. The zero-order valence-electron chi connectivity index (χ0n) is 34.1. The molecule has 5 aliphatic carbocycles. The predicted octanol–water partition coefficient (Wildman–Crippen LogP) is 13.7. The van der Waals surface area contributed by atoms with E-state index in [1.54, 1.807) is 22.3 Å². The van der Waals surface area contributed by atoms with E-state index < -0.39 is 5.54 Å². The lowest BCUT2D eigenvalue weighted by atomic mass is 9.45. The minimum Gasteiger partial charge on any atom is -0.328 e. The Morgan fingerprint density at radius 3 is 1.58 bits per heavy atom. The third kappa shape index (κ3) is 3.91. The van der Waals surface area contributed by atoms with E-state index in [2.05, 4.69) is 182 Å². The van der Waals surface area contributed by atoms with E-state index in [9.17, 15) is 0 Å². The Bertz CT molecular complexity index is 2570. The first-order chi connectivity index (χ1) is 26.3. The minimum atomic E-state index is -0.438. The lowest BCUT2D eigenvalue weighted by molar-refractivity contribution is 0.380. The lowest BCUT2D eigenvalue weighted by Gasteiger charge is -2.63. The summed E-state index contributed by atoms with van der Waals surface area (Å²) < 4.78 is 0. The van der Waals surface area contributed by atoms with Crippen LogP contribution in [-0.4, -0.2) is 5.54 Å². The van der Waals surface area contributed by atoms with Crippen LogP contribution in [-0.2, 0) is 27.1 Å². The van der Waals surface area contributed by atoms with Crippen molar-refractivity contribution in [3.05, 3.63) is 177 Å². The van der Waals surface area contributed by atoms with Crippen LogP contribution in [0.4, 0.5) is 11.4 Å². The zero-order valence-corrected chi connectivity index (χ0v) is 34.1. The van der Waals surface area contributed by atoms with E-state index in [0.717, 1.165) is 0 Å². The van der Waals surface area contributed by atoms with Crippen LogP contribution in [0.3, 0.4) is 0 Å². The van der Waals surface area contributed by atoms with Crippen LogP contribution in [0.25, 0.3) is 10.8 Å². The summed E-state index contributed by atoms with van der Waals surface area (Å²) >= 11 is 0. The van der Waals surface area contributed by atoms with Crippen molar-refractivity contribution in [1.29, 1.82) is 0 Å². The number of fused-ring (bicyclic) bond motifs is 11. The molecule has 5 aromatic rings. The molecule has 1 saturated carbocycles. The van der Waals surface area contributed by atoms with E-state index in [4.69, 9.17) is 0 Å². The maximum atomic E-state index is 2.77. The first kappa shape index (κ1) is 33.7. The summed E-state index contributed by atoms with van der Waals surface area (Å²) in [5.41, 5.74) is 16.1. The first-order valence-corrected chi connectivity index (χ1v) is 21.1. The van der Waals surface area contributed by atoms with E-state index in [-0.39, 0.29) is 27.1 Å². The largest absolute Gasteiger partial charge is 0.328 e. The molecule has 0 amide bonds. The molecule has 1 nitrogen and oxygen atoms in total. The molecule has 6 aliphatic rings. The molecule has 0 bridgehead atoms. The molecular formula is C54H55N. The van der Waals surface area contributed by atoms with Gasteiger partial charge in [-0.3, -0.25) is 0 Å². The summed E-state index contributed by atoms with van der Waals surface area (Å²) in [6.45, 7) is 20.4. The van der Waals surface area contributed by atoms with Crippen LogP contribution >= 0.6 is 0 Å². The third-order valence-corrected chi connectivity index (χ3v) is 16.2. The van der Waals surface area contributed by atoms with Crippen LogP contribution in [0.15, 0.2) is 144 Å². The van der Waals surface area contributed by atoms with Gasteiger partial charge in [0.15, 0.2) is 0 Å². The highest BCUT2D eigenvalue weighted by atomic mass is 15.2. The molecule has 1 aliphatic heterocycles. The molecule has 4 atom stereocenters. The van der Waals surface area contributed by atoms with E-state index in [0.29, 0.717) is 5.92 Å². The van der Waals surface area contributed by atoms with Gasteiger partial charge in [0.25, 0.3) is 0 Å². The summed E-state index contributed by atoms with van der Waals surface area (Å²) in [7, 11) is 0. The molecule has 1 heterocycles. The molecule has 11 rings (SSSR count). The summed E-state index contributed by atoms with van der Waals surface area (Å²) in [4.78, 5) is 2.77. The Kier molecular flexibility index (Phi) is 6.50. The molecule has 0 aromatic heterocycles. The van der Waals surface area contributed by atoms with Crippen molar-refractivity contribution < 1.29 is 0 Å². The predicted molar refractivity (Wildman–Crippen MR) is 231 cm³/mol. The van der Waals surface area contributed by atoms with Crippen LogP contribution in [0.1, 0.15) is 127 Å². The molecule has 276 valence electrons. The molecule has 0 radical (unpaired) electrons. The summed E-state index contributed by atoms with van der Waals surface area (Å²) in [6, 6.07) is 42.9. The normalized spacial score (nSPS) is 30.8. The van der Waals surface area contributed by atoms with Crippen molar-refractivity contribution in [1.82, 2.24) is 0 Å². The molecule has 1 heteroatoms. The number of benzene rings is 5. The summed E-state index contributed by atoms with van der Waals surface area (Å²) in [6.07, 6.45) is 12.3. The quantitative estimate of drug-likeness (QED) is 0.164. The Labute approximate surface area is 328 Å². The van der Waals surface area contributed by atoms with Gasteiger partial charge in [-0.25, -0.2) is 0 Å². The van der Waals surface area contributed by atoms with Crippen molar-refractivity contribution in [2.24, 2.45) is 0 Å². The number of anilines is 2. The van der Waals surface area contributed by atoms with Crippen molar-refractivity contribution in [2.75, 3.05) is 4.90 Å². The highest BCUT2D eigenvalue weighted by Crippen LogP contribution is 2.74. The third-order valence-electron chi connectivity index (χ3n) is 16.2. The Morgan fingerprint density at radius 1 is 0.491 bits per heavy atom. The Morgan fingerprint density at radius 2 is 1.00 bits per heavy atom. The van der Waals surface area contributed by atoms with Gasteiger partial charge in [0.05, 0.1) is 5.54 Å². The van der Waals surface area contributed by atoms with Gasteiger partial charge in [-0.15, -0.1) is 0 Å². The molecule has 0 N–H and O–H groups in total. The van der Waals surface area contributed by atoms with Crippen LogP contribution in [0.2, 0.25) is 0 Å². The van der Waals surface area contributed by atoms with Gasteiger partial charge < -0.3 is 4.90 Å². The van der Waals surface area contributed by atoms with E-state index in [1.807, 2.05) is 0 Å². The second-order valence-corrected chi connectivity index (χ2v) is 19.8. The van der Waals surface area contributed by atoms with Crippen LogP contribution < -0.4 is 4.90 Å². The van der Waals surface area contributed by atoms with Crippen molar-refractivity contribution in [3.8, 4) is 0 Å². The summed E-state index contributed by atoms with van der Waals surface area (Å²) in [5.74, 6) is 0.677. The maximum Gasteiger partial charge on any atom is 0.0836 e. The lowest BCUT2D eigenvalue weighted by Crippen LogP contribution is -2.61. The molecule has 55 heavy (non-hydrogen) atoms.